The molecule has 1 saturated heterocycles. The Kier molecular flexibility index (Phi) is 8.65. The summed E-state index contributed by atoms with van der Waals surface area (Å²) >= 11 is 1.01. The number of hydrogen-bond donors (Lipinski definition) is 3. The number of rotatable bonds is 9. The van der Waals surface area contributed by atoms with Crippen LogP contribution in [0.2, 0.25) is 0 Å². The first kappa shape index (κ1) is 28.5. The van der Waals surface area contributed by atoms with Crippen molar-refractivity contribution in [3.05, 3.63) is 23.7 Å². The standard InChI is InChI=1S/C22H30N8O7S/c1-21(2,3)36-14(31)8-35-29-16(13-9-38-19(26-13)28-20(34)37-22(4,5)6)18(33)27-15-12(25-17(15)32)7-30-11-23-10-24-30/h9-12,15H,7-8H2,1-6H3,(H,25,32)(H,27,33)(H,26,28,34)/b29-16-/t12-,15+/m1/s1. The molecule has 3 heterocycles. The number of aromatic nitrogens is 4. The maximum Gasteiger partial charge on any atom is 0.413 e. The van der Waals surface area contributed by atoms with Gasteiger partial charge in [-0.3, -0.25) is 19.6 Å². The van der Waals surface area contributed by atoms with E-state index in [0.29, 0.717) is 0 Å². The van der Waals surface area contributed by atoms with Crippen LogP contribution in [0.5, 0.6) is 0 Å². The summed E-state index contributed by atoms with van der Waals surface area (Å²) in [6, 6.07) is -1.34. The molecule has 0 unspecified atom stereocenters. The maximum absolute atomic E-state index is 13.2. The molecule has 0 aliphatic carbocycles. The van der Waals surface area contributed by atoms with E-state index in [-0.39, 0.29) is 23.1 Å². The second-order valence-electron chi connectivity index (χ2n) is 10.1. The first-order valence-electron chi connectivity index (χ1n) is 11.5. The van der Waals surface area contributed by atoms with E-state index < -0.39 is 53.8 Å². The van der Waals surface area contributed by atoms with Crippen LogP contribution in [0.15, 0.2) is 23.2 Å². The van der Waals surface area contributed by atoms with Gasteiger partial charge in [0.25, 0.3) is 5.91 Å². The third kappa shape index (κ3) is 8.50. The smallest absolute Gasteiger partial charge is 0.413 e. The van der Waals surface area contributed by atoms with Crippen molar-refractivity contribution in [2.24, 2.45) is 5.16 Å². The van der Waals surface area contributed by atoms with E-state index in [1.54, 1.807) is 41.5 Å². The van der Waals surface area contributed by atoms with Crippen LogP contribution >= 0.6 is 11.3 Å². The van der Waals surface area contributed by atoms with Gasteiger partial charge in [0.1, 0.15) is 35.6 Å². The minimum absolute atomic E-state index is 0.0373. The highest BCUT2D eigenvalue weighted by Crippen LogP contribution is 2.19. The van der Waals surface area contributed by atoms with Crippen LogP contribution < -0.4 is 16.0 Å². The number of carbonyl (C=O) groups excluding carboxylic acids is 4. The summed E-state index contributed by atoms with van der Waals surface area (Å²) in [4.78, 5) is 62.6. The SMILES string of the molecule is CC(C)(C)OC(=O)CO/N=C(\C(=O)N[C@@H]1C(=O)N[C@@H]1Cn1cncn1)c1csc(NC(=O)OC(C)(C)C)n1. The van der Waals surface area contributed by atoms with Crippen molar-refractivity contribution in [1.82, 2.24) is 30.4 Å². The van der Waals surface area contributed by atoms with Crippen LogP contribution in [-0.2, 0) is 35.2 Å². The van der Waals surface area contributed by atoms with Crippen LogP contribution in [0, 0.1) is 0 Å². The van der Waals surface area contributed by atoms with Crippen LogP contribution in [0.25, 0.3) is 0 Å². The van der Waals surface area contributed by atoms with Gasteiger partial charge in [-0.1, -0.05) is 5.16 Å². The predicted molar refractivity (Wildman–Crippen MR) is 134 cm³/mol. The molecule has 1 aliphatic rings. The fourth-order valence-electron chi connectivity index (χ4n) is 3.05. The highest BCUT2D eigenvalue weighted by Gasteiger charge is 2.41. The van der Waals surface area contributed by atoms with Gasteiger partial charge in [-0.25, -0.2) is 19.6 Å². The van der Waals surface area contributed by atoms with E-state index in [2.05, 4.69) is 36.2 Å². The Hall–Kier alpha value is -4.08. The van der Waals surface area contributed by atoms with Gasteiger partial charge in [0.15, 0.2) is 10.8 Å². The number of nitrogens with one attached hydrogen (secondary N) is 3. The molecule has 2 aromatic heterocycles. The molecule has 1 aliphatic heterocycles. The molecule has 0 bridgehead atoms. The summed E-state index contributed by atoms with van der Waals surface area (Å²) in [5.74, 6) is -1.88. The molecule has 0 saturated carbocycles. The number of β-lactam (4-membered cyclic amide) rings is 1. The van der Waals surface area contributed by atoms with Crippen LogP contribution in [0.1, 0.15) is 47.2 Å². The van der Waals surface area contributed by atoms with Gasteiger partial charge in [0, 0.05) is 5.38 Å². The van der Waals surface area contributed by atoms with Gasteiger partial charge in [-0.2, -0.15) is 5.10 Å². The van der Waals surface area contributed by atoms with Gasteiger partial charge >= 0.3 is 12.1 Å². The number of anilines is 1. The Labute approximate surface area is 222 Å². The zero-order chi connectivity index (χ0) is 28.1. The second kappa shape index (κ2) is 11.5. The minimum atomic E-state index is -0.888. The van der Waals surface area contributed by atoms with Gasteiger partial charge in [-0.05, 0) is 41.5 Å². The molecular weight excluding hydrogens is 520 g/mol. The lowest BCUT2D eigenvalue weighted by molar-refractivity contribution is -0.160. The second-order valence-corrected chi connectivity index (χ2v) is 11.0. The Bertz CT molecular complexity index is 1200. The highest BCUT2D eigenvalue weighted by atomic mass is 32.1. The van der Waals surface area contributed by atoms with Crippen molar-refractivity contribution in [1.29, 1.82) is 0 Å². The Balaban J connectivity index is 1.74. The van der Waals surface area contributed by atoms with E-state index in [1.807, 2.05) is 0 Å². The zero-order valence-corrected chi connectivity index (χ0v) is 22.6. The number of nitrogens with zero attached hydrogens (tertiary/aromatic N) is 5. The summed E-state index contributed by atoms with van der Waals surface area (Å²) in [5.41, 5.74) is -1.74. The summed E-state index contributed by atoms with van der Waals surface area (Å²) < 4.78 is 11.9. The predicted octanol–water partition coefficient (Wildman–Crippen LogP) is 0.827. The lowest BCUT2D eigenvalue weighted by Crippen LogP contribution is -2.70. The first-order chi connectivity index (χ1) is 17.7. The van der Waals surface area contributed by atoms with Gasteiger partial charge in [-0.15, -0.1) is 11.3 Å². The number of hydrogen-bond acceptors (Lipinski definition) is 12. The average molecular weight is 551 g/mol. The largest absolute Gasteiger partial charge is 0.457 e. The number of ether oxygens (including phenoxy) is 2. The van der Waals surface area contributed by atoms with E-state index in [4.69, 9.17) is 14.3 Å². The van der Waals surface area contributed by atoms with E-state index in [0.717, 1.165) is 11.3 Å². The molecule has 0 spiro atoms. The summed E-state index contributed by atoms with van der Waals surface area (Å²) in [7, 11) is 0. The molecule has 15 nitrogen and oxygen atoms in total. The number of esters is 1. The molecule has 3 N–H and O–H groups in total. The molecule has 206 valence electrons. The number of thiazole rings is 1. The third-order valence-electron chi connectivity index (χ3n) is 4.48. The van der Waals surface area contributed by atoms with Gasteiger partial charge < -0.3 is 24.9 Å². The van der Waals surface area contributed by atoms with E-state index in [9.17, 15) is 19.2 Å². The summed E-state index contributed by atoms with van der Waals surface area (Å²) in [6.07, 6.45) is 2.10. The average Bonchev–Trinajstić information content (AvgIpc) is 3.44. The van der Waals surface area contributed by atoms with Crippen molar-refractivity contribution >= 4 is 46.1 Å². The molecule has 3 amide bonds. The summed E-state index contributed by atoms with van der Waals surface area (Å²) in [5, 5.41) is 17.1. The lowest BCUT2D eigenvalue weighted by atomic mass is 9.98. The Morgan fingerprint density at radius 3 is 2.47 bits per heavy atom. The summed E-state index contributed by atoms with van der Waals surface area (Å²) in [6.45, 7) is 9.93. The normalized spacial score (nSPS) is 17.6. The fraction of sp³-hybridized carbons (Fsp3) is 0.545. The van der Waals surface area contributed by atoms with Crippen molar-refractivity contribution in [3.8, 4) is 0 Å². The molecule has 38 heavy (non-hydrogen) atoms. The molecule has 16 heteroatoms. The molecule has 3 rings (SSSR count). The lowest BCUT2D eigenvalue weighted by Gasteiger charge is -2.36. The topological polar surface area (TPSA) is 188 Å². The van der Waals surface area contributed by atoms with Crippen molar-refractivity contribution < 1.29 is 33.5 Å². The van der Waals surface area contributed by atoms with Crippen molar-refractivity contribution in [2.75, 3.05) is 11.9 Å². The van der Waals surface area contributed by atoms with Crippen LogP contribution in [-0.4, -0.2) is 79.2 Å². The van der Waals surface area contributed by atoms with Crippen molar-refractivity contribution in [3.63, 3.8) is 0 Å². The minimum Gasteiger partial charge on any atom is -0.457 e. The molecular formula is C22H30N8O7S. The quantitative estimate of drug-likeness (QED) is 0.175. The Morgan fingerprint density at radius 1 is 1.16 bits per heavy atom. The zero-order valence-electron chi connectivity index (χ0n) is 21.8. The Morgan fingerprint density at radius 2 is 1.87 bits per heavy atom. The van der Waals surface area contributed by atoms with E-state index in [1.165, 1.54) is 22.7 Å². The van der Waals surface area contributed by atoms with Crippen molar-refractivity contribution in [2.45, 2.75) is 71.4 Å². The number of carbonyl (C=O) groups is 4. The van der Waals surface area contributed by atoms with Gasteiger partial charge in [0.05, 0.1) is 12.6 Å². The fourth-order valence-corrected chi connectivity index (χ4v) is 3.73. The van der Waals surface area contributed by atoms with E-state index >= 15 is 0 Å². The molecule has 2 atom stereocenters. The molecule has 1 fully saturated rings. The molecule has 0 radical (unpaired) electrons. The highest BCUT2D eigenvalue weighted by molar-refractivity contribution is 7.14. The first-order valence-corrected chi connectivity index (χ1v) is 12.4. The maximum atomic E-state index is 13.2. The molecule has 2 aromatic rings. The van der Waals surface area contributed by atoms with Gasteiger partial charge in [0.2, 0.25) is 12.5 Å². The number of amides is 3. The third-order valence-corrected chi connectivity index (χ3v) is 5.24. The van der Waals surface area contributed by atoms with Crippen LogP contribution in [0.4, 0.5) is 9.93 Å². The number of oxime groups is 1. The monoisotopic (exact) mass is 550 g/mol. The molecule has 0 aromatic carbocycles. The van der Waals surface area contributed by atoms with Crippen LogP contribution in [0.3, 0.4) is 0 Å².